The summed E-state index contributed by atoms with van der Waals surface area (Å²) in [7, 11) is 1.85. The lowest BCUT2D eigenvalue weighted by atomic mass is 10.1. The number of nitrogens with zero attached hydrogens (tertiary/aromatic N) is 3. The SMILES string of the molecule is Cn1ncc(I)c1CCc1ccc(C(F)(F)F)nc1. The van der Waals surface area contributed by atoms with Crippen LogP contribution >= 0.6 is 22.6 Å². The molecule has 2 aromatic rings. The standard InChI is InChI=1S/C12H11F3IN3/c1-19-10(9(16)7-18-19)4-2-8-3-5-11(17-6-8)12(13,14)15/h3,5-7H,2,4H2,1H3. The molecule has 0 saturated heterocycles. The molecule has 3 nitrogen and oxygen atoms in total. The van der Waals surface area contributed by atoms with E-state index in [1.807, 2.05) is 7.05 Å². The van der Waals surface area contributed by atoms with Gasteiger partial charge in [0.25, 0.3) is 0 Å². The first-order chi connectivity index (χ1) is 8.88. The maximum absolute atomic E-state index is 12.4. The van der Waals surface area contributed by atoms with Crippen LogP contribution in [0.15, 0.2) is 24.5 Å². The van der Waals surface area contributed by atoms with Gasteiger partial charge in [0.1, 0.15) is 5.69 Å². The van der Waals surface area contributed by atoms with Gasteiger partial charge in [0, 0.05) is 13.2 Å². The van der Waals surface area contributed by atoms with Gasteiger partial charge in [-0.3, -0.25) is 9.67 Å². The number of aryl methyl sites for hydroxylation is 2. The van der Waals surface area contributed by atoms with Gasteiger partial charge in [0.05, 0.1) is 15.5 Å². The molecule has 0 atom stereocenters. The van der Waals surface area contributed by atoms with Gasteiger partial charge in [-0.2, -0.15) is 18.3 Å². The highest BCUT2D eigenvalue weighted by atomic mass is 127. The van der Waals surface area contributed by atoms with Gasteiger partial charge >= 0.3 is 6.18 Å². The second-order valence-electron chi connectivity index (χ2n) is 4.11. The molecule has 2 aromatic heterocycles. The van der Waals surface area contributed by atoms with E-state index in [-0.39, 0.29) is 0 Å². The van der Waals surface area contributed by atoms with Crippen molar-refractivity contribution in [2.45, 2.75) is 19.0 Å². The molecule has 0 unspecified atom stereocenters. The maximum Gasteiger partial charge on any atom is 0.433 e. The fraction of sp³-hybridized carbons (Fsp3) is 0.333. The first-order valence-electron chi connectivity index (χ1n) is 5.56. The quantitative estimate of drug-likeness (QED) is 0.765. The highest BCUT2D eigenvalue weighted by Gasteiger charge is 2.31. The van der Waals surface area contributed by atoms with E-state index in [4.69, 9.17) is 0 Å². The van der Waals surface area contributed by atoms with Crippen molar-refractivity contribution in [2.24, 2.45) is 7.05 Å². The van der Waals surface area contributed by atoms with Crippen molar-refractivity contribution in [3.8, 4) is 0 Å². The van der Waals surface area contributed by atoms with Crippen molar-refractivity contribution in [3.63, 3.8) is 0 Å². The summed E-state index contributed by atoms with van der Waals surface area (Å²) in [6, 6.07) is 2.49. The second-order valence-corrected chi connectivity index (χ2v) is 5.27. The first kappa shape index (κ1) is 14.3. The highest BCUT2D eigenvalue weighted by molar-refractivity contribution is 14.1. The van der Waals surface area contributed by atoms with Crippen LogP contribution in [0.2, 0.25) is 0 Å². The van der Waals surface area contributed by atoms with E-state index in [2.05, 4.69) is 32.7 Å². The topological polar surface area (TPSA) is 30.7 Å². The molecule has 102 valence electrons. The Labute approximate surface area is 122 Å². The summed E-state index contributed by atoms with van der Waals surface area (Å²) in [6.07, 6.45) is 0.0331. The highest BCUT2D eigenvalue weighted by Crippen LogP contribution is 2.27. The Morgan fingerprint density at radius 3 is 2.42 bits per heavy atom. The van der Waals surface area contributed by atoms with E-state index in [9.17, 15) is 13.2 Å². The van der Waals surface area contributed by atoms with E-state index in [0.29, 0.717) is 6.42 Å². The Morgan fingerprint density at radius 1 is 1.21 bits per heavy atom. The average Bonchev–Trinajstić information content (AvgIpc) is 2.66. The minimum Gasteiger partial charge on any atom is -0.272 e. The van der Waals surface area contributed by atoms with Crippen molar-refractivity contribution < 1.29 is 13.2 Å². The van der Waals surface area contributed by atoms with Gasteiger partial charge < -0.3 is 0 Å². The third kappa shape index (κ3) is 3.46. The van der Waals surface area contributed by atoms with E-state index in [1.165, 1.54) is 12.3 Å². The maximum atomic E-state index is 12.4. The molecule has 7 heteroatoms. The van der Waals surface area contributed by atoms with E-state index in [1.54, 1.807) is 10.9 Å². The molecular formula is C12H11F3IN3. The summed E-state index contributed by atoms with van der Waals surface area (Å²) in [5, 5.41) is 4.12. The van der Waals surface area contributed by atoms with Crippen molar-refractivity contribution >= 4 is 22.6 Å². The Hall–Kier alpha value is -1.12. The Bertz CT molecular complexity index is 541. The third-order valence-electron chi connectivity index (χ3n) is 2.78. The fourth-order valence-electron chi connectivity index (χ4n) is 1.72. The predicted molar refractivity (Wildman–Crippen MR) is 72.6 cm³/mol. The number of halogens is 4. The summed E-state index contributed by atoms with van der Waals surface area (Å²) in [5.41, 5.74) is 0.997. The average molecular weight is 381 g/mol. The van der Waals surface area contributed by atoms with Crippen molar-refractivity contribution in [3.05, 3.63) is 45.0 Å². The Kier molecular flexibility index (Phi) is 4.12. The molecule has 0 amide bonds. The summed E-state index contributed by atoms with van der Waals surface area (Å²) < 4.78 is 39.9. The lowest BCUT2D eigenvalue weighted by molar-refractivity contribution is -0.141. The molecule has 2 heterocycles. The zero-order chi connectivity index (χ0) is 14.0. The van der Waals surface area contributed by atoms with Crippen LogP contribution in [0, 0.1) is 3.57 Å². The number of hydrogen-bond acceptors (Lipinski definition) is 2. The number of alkyl halides is 3. The van der Waals surface area contributed by atoms with E-state index < -0.39 is 11.9 Å². The fourth-order valence-corrected chi connectivity index (χ4v) is 2.46. The molecule has 0 fully saturated rings. The van der Waals surface area contributed by atoms with Crippen LogP contribution < -0.4 is 0 Å². The van der Waals surface area contributed by atoms with Crippen molar-refractivity contribution in [1.82, 2.24) is 14.8 Å². The summed E-state index contributed by atoms with van der Waals surface area (Å²) in [5.74, 6) is 0. The molecule has 0 aliphatic rings. The van der Waals surface area contributed by atoms with Gasteiger partial charge in [-0.15, -0.1) is 0 Å². The number of aromatic nitrogens is 3. The van der Waals surface area contributed by atoms with Gasteiger partial charge in [0.2, 0.25) is 0 Å². The number of hydrogen-bond donors (Lipinski definition) is 0. The molecule has 0 bridgehead atoms. The molecule has 19 heavy (non-hydrogen) atoms. The van der Waals surface area contributed by atoms with Gasteiger partial charge in [-0.05, 0) is 47.1 Å². The molecule has 0 aromatic carbocycles. The zero-order valence-electron chi connectivity index (χ0n) is 10.1. The van der Waals surface area contributed by atoms with Gasteiger partial charge in [-0.1, -0.05) is 6.07 Å². The van der Waals surface area contributed by atoms with E-state index in [0.717, 1.165) is 27.3 Å². The normalized spacial score (nSPS) is 11.8. The molecule has 0 saturated carbocycles. The number of rotatable bonds is 3. The lowest BCUT2D eigenvalue weighted by Gasteiger charge is -2.07. The summed E-state index contributed by atoms with van der Waals surface area (Å²) in [6.45, 7) is 0. The summed E-state index contributed by atoms with van der Waals surface area (Å²) >= 11 is 2.19. The van der Waals surface area contributed by atoms with Crippen molar-refractivity contribution in [1.29, 1.82) is 0 Å². The van der Waals surface area contributed by atoms with Crippen LogP contribution in [0.1, 0.15) is 17.0 Å². The van der Waals surface area contributed by atoms with Crippen LogP contribution in [0.4, 0.5) is 13.2 Å². The lowest BCUT2D eigenvalue weighted by Crippen LogP contribution is -2.08. The minimum atomic E-state index is -4.38. The van der Waals surface area contributed by atoms with Crippen LogP contribution in [0.5, 0.6) is 0 Å². The first-order valence-corrected chi connectivity index (χ1v) is 6.64. The minimum absolute atomic E-state index is 0.640. The smallest absolute Gasteiger partial charge is 0.272 e. The molecule has 2 rings (SSSR count). The largest absolute Gasteiger partial charge is 0.433 e. The molecule has 0 aliphatic carbocycles. The van der Waals surface area contributed by atoms with Crippen molar-refractivity contribution in [2.75, 3.05) is 0 Å². The van der Waals surface area contributed by atoms with Gasteiger partial charge in [0.15, 0.2) is 0 Å². The van der Waals surface area contributed by atoms with Crippen LogP contribution in [-0.4, -0.2) is 14.8 Å². The predicted octanol–water partition coefficient (Wildman–Crippen LogP) is 3.22. The Morgan fingerprint density at radius 2 is 1.95 bits per heavy atom. The molecule has 0 N–H and O–H groups in total. The van der Waals surface area contributed by atoms with Crippen LogP contribution in [-0.2, 0) is 26.1 Å². The van der Waals surface area contributed by atoms with Gasteiger partial charge in [-0.25, -0.2) is 0 Å². The number of pyridine rings is 1. The van der Waals surface area contributed by atoms with E-state index >= 15 is 0 Å². The van der Waals surface area contributed by atoms with Crippen LogP contribution in [0.3, 0.4) is 0 Å². The molecular weight excluding hydrogens is 370 g/mol. The van der Waals surface area contributed by atoms with Crippen LogP contribution in [0.25, 0.3) is 0 Å². The monoisotopic (exact) mass is 381 g/mol. The second kappa shape index (κ2) is 5.48. The molecule has 0 spiro atoms. The Balaban J connectivity index is 2.05. The molecule has 0 aliphatic heterocycles. The molecule has 0 radical (unpaired) electrons. The summed E-state index contributed by atoms with van der Waals surface area (Å²) in [4.78, 5) is 3.45. The third-order valence-corrected chi connectivity index (χ3v) is 3.68. The zero-order valence-corrected chi connectivity index (χ0v) is 12.2.